The first-order chi connectivity index (χ1) is 11.3. The second kappa shape index (κ2) is 6.07. The van der Waals surface area contributed by atoms with Crippen LogP contribution < -0.4 is 10.4 Å². The van der Waals surface area contributed by atoms with Gasteiger partial charge in [0, 0.05) is 17.5 Å². The molecule has 0 radical (unpaired) electrons. The van der Waals surface area contributed by atoms with Gasteiger partial charge in [0.1, 0.15) is 24.0 Å². The minimum Gasteiger partial charge on any atom is -0.491 e. The Morgan fingerprint density at radius 2 is 2.08 bits per heavy atom. The quantitative estimate of drug-likeness (QED) is 0.501. The van der Waals surface area contributed by atoms with Gasteiger partial charge in [-0.05, 0) is 45.4 Å². The molecule has 5 heteroatoms. The molecule has 0 aliphatic carbocycles. The molecule has 2 heterocycles. The second-order valence-corrected chi connectivity index (χ2v) is 6.94. The monoisotopic (exact) mass is 330 g/mol. The van der Waals surface area contributed by atoms with E-state index in [4.69, 9.17) is 13.9 Å². The molecule has 1 aromatic carbocycles. The molecular formula is C19H22O5. The molecule has 0 saturated carbocycles. The van der Waals surface area contributed by atoms with Crippen molar-refractivity contribution in [2.24, 2.45) is 0 Å². The molecule has 2 atom stereocenters. The molecule has 2 aromatic rings. The van der Waals surface area contributed by atoms with Gasteiger partial charge in [-0.1, -0.05) is 12.2 Å². The molecule has 3 rings (SSSR count). The van der Waals surface area contributed by atoms with E-state index in [0.29, 0.717) is 17.9 Å². The van der Waals surface area contributed by atoms with Crippen molar-refractivity contribution in [1.82, 2.24) is 0 Å². The van der Waals surface area contributed by atoms with Gasteiger partial charge in [0.2, 0.25) is 0 Å². The standard InChI is InChI=1S/C19H22O5/c1-18(2,21)9-4-10-19(3)16(24-19)12-22-14-7-5-13-6-8-17(20)23-15(13)11-14/h4-9,11,16,21H,10,12H2,1-3H3/b9-4+/t16-,19+/m1/s1. The summed E-state index contributed by atoms with van der Waals surface area (Å²) >= 11 is 0. The summed E-state index contributed by atoms with van der Waals surface area (Å²) in [6, 6.07) is 8.53. The first-order valence-corrected chi connectivity index (χ1v) is 8.00. The van der Waals surface area contributed by atoms with Gasteiger partial charge >= 0.3 is 5.63 Å². The molecule has 1 aliphatic rings. The topological polar surface area (TPSA) is 72.2 Å². The van der Waals surface area contributed by atoms with Crippen LogP contribution in [0.3, 0.4) is 0 Å². The maximum absolute atomic E-state index is 11.3. The molecule has 0 unspecified atom stereocenters. The Labute approximate surface area is 140 Å². The van der Waals surface area contributed by atoms with Crippen LogP contribution in [0.5, 0.6) is 5.75 Å². The van der Waals surface area contributed by atoms with Gasteiger partial charge in [0.05, 0.1) is 11.2 Å². The summed E-state index contributed by atoms with van der Waals surface area (Å²) in [5.41, 5.74) is -0.943. The van der Waals surface area contributed by atoms with Gasteiger partial charge in [-0.3, -0.25) is 0 Å². The van der Waals surface area contributed by atoms with E-state index in [1.54, 1.807) is 32.1 Å². The summed E-state index contributed by atoms with van der Waals surface area (Å²) in [7, 11) is 0. The van der Waals surface area contributed by atoms with Crippen LogP contribution in [0.15, 0.2) is 51.7 Å². The molecule has 1 N–H and O–H groups in total. The molecule has 0 amide bonds. The SMILES string of the molecule is CC(C)(O)/C=C/C[C@]1(C)O[C@@H]1COc1ccc2ccc(=O)oc2c1. The maximum atomic E-state index is 11.3. The Morgan fingerprint density at radius 1 is 1.33 bits per heavy atom. The number of epoxide rings is 1. The summed E-state index contributed by atoms with van der Waals surface area (Å²) < 4.78 is 16.6. The zero-order chi connectivity index (χ0) is 17.4. The number of hydrogen-bond acceptors (Lipinski definition) is 5. The molecule has 24 heavy (non-hydrogen) atoms. The van der Waals surface area contributed by atoms with Crippen LogP contribution in [0.4, 0.5) is 0 Å². The molecule has 1 saturated heterocycles. The fraction of sp³-hybridized carbons (Fsp3) is 0.421. The van der Waals surface area contributed by atoms with E-state index in [-0.39, 0.29) is 17.3 Å². The zero-order valence-corrected chi connectivity index (χ0v) is 14.1. The number of hydrogen-bond donors (Lipinski definition) is 1. The van der Waals surface area contributed by atoms with Crippen LogP contribution in [-0.2, 0) is 4.74 Å². The number of benzene rings is 1. The van der Waals surface area contributed by atoms with Crippen LogP contribution in [0, 0.1) is 0 Å². The Bertz CT molecular complexity index is 814. The van der Waals surface area contributed by atoms with E-state index in [0.717, 1.165) is 11.8 Å². The molecule has 1 aliphatic heterocycles. The lowest BCUT2D eigenvalue weighted by Crippen LogP contribution is -2.17. The summed E-state index contributed by atoms with van der Waals surface area (Å²) in [4.78, 5) is 11.3. The van der Waals surface area contributed by atoms with Crippen molar-refractivity contribution in [2.75, 3.05) is 6.61 Å². The van der Waals surface area contributed by atoms with Gasteiger partial charge in [-0.2, -0.15) is 0 Å². The van der Waals surface area contributed by atoms with Crippen molar-refractivity contribution in [2.45, 2.75) is 44.5 Å². The van der Waals surface area contributed by atoms with Gasteiger partial charge < -0.3 is 19.0 Å². The summed E-state index contributed by atoms with van der Waals surface area (Å²) in [5.74, 6) is 0.640. The summed E-state index contributed by atoms with van der Waals surface area (Å²) in [6.45, 7) is 5.92. The molecular weight excluding hydrogens is 308 g/mol. The molecule has 0 bridgehead atoms. The average Bonchev–Trinajstić information content (AvgIpc) is 3.13. The largest absolute Gasteiger partial charge is 0.491 e. The molecule has 0 spiro atoms. The van der Waals surface area contributed by atoms with Crippen LogP contribution >= 0.6 is 0 Å². The Morgan fingerprint density at radius 3 is 2.83 bits per heavy atom. The van der Waals surface area contributed by atoms with E-state index in [9.17, 15) is 9.90 Å². The minimum absolute atomic E-state index is 0.00225. The van der Waals surface area contributed by atoms with Crippen molar-refractivity contribution >= 4 is 11.0 Å². The first-order valence-electron chi connectivity index (χ1n) is 8.00. The van der Waals surface area contributed by atoms with Gasteiger partial charge in [-0.15, -0.1) is 0 Å². The van der Waals surface area contributed by atoms with E-state index >= 15 is 0 Å². The highest BCUT2D eigenvalue weighted by atomic mass is 16.6. The third-order valence-corrected chi connectivity index (χ3v) is 4.08. The fourth-order valence-corrected chi connectivity index (χ4v) is 2.56. The van der Waals surface area contributed by atoms with E-state index in [2.05, 4.69) is 0 Å². The lowest BCUT2D eigenvalue weighted by atomic mass is 10.0. The summed E-state index contributed by atoms with van der Waals surface area (Å²) in [6.07, 6.45) is 4.42. The van der Waals surface area contributed by atoms with Crippen molar-refractivity contribution in [3.05, 3.63) is 52.9 Å². The number of fused-ring (bicyclic) bond motifs is 1. The third kappa shape index (κ3) is 4.04. The zero-order valence-electron chi connectivity index (χ0n) is 14.1. The molecule has 1 aromatic heterocycles. The van der Waals surface area contributed by atoms with Crippen molar-refractivity contribution in [3.8, 4) is 5.75 Å². The maximum Gasteiger partial charge on any atom is 0.336 e. The fourth-order valence-electron chi connectivity index (χ4n) is 2.56. The van der Waals surface area contributed by atoms with Gasteiger partial charge in [-0.25, -0.2) is 4.79 Å². The minimum atomic E-state index is -0.813. The molecule has 5 nitrogen and oxygen atoms in total. The van der Waals surface area contributed by atoms with Crippen molar-refractivity contribution in [1.29, 1.82) is 0 Å². The summed E-state index contributed by atoms with van der Waals surface area (Å²) in [5, 5.41) is 10.5. The highest BCUT2D eigenvalue weighted by Gasteiger charge is 2.51. The van der Waals surface area contributed by atoms with Crippen molar-refractivity contribution < 1.29 is 19.0 Å². The van der Waals surface area contributed by atoms with E-state index < -0.39 is 5.60 Å². The normalized spacial score (nSPS) is 23.8. The first kappa shape index (κ1) is 16.7. The van der Waals surface area contributed by atoms with Crippen molar-refractivity contribution in [3.63, 3.8) is 0 Å². The molecule has 128 valence electrons. The Kier molecular flexibility index (Phi) is 4.24. The number of rotatable bonds is 6. The van der Waals surface area contributed by atoms with Gasteiger partial charge in [0.15, 0.2) is 0 Å². The third-order valence-electron chi connectivity index (χ3n) is 4.08. The number of aliphatic hydroxyl groups is 1. The lowest BCUT2D eigenvalue weighted by Gasteiger charge is -2.11. The van der Waals surface area contributed by atoms with E-state index in [1.807, 2.05) is 25.1 Å². The predicted molar refractivity (Wildman–Crippen MR) is 91.3 cm³/mol. The highest BCUT2D eigenvalue weighted by molar-refractivity contribution is 5.77. The van der Waals surface area contributed by atoms with Crippen LogP contribution in [0.2, 0.25) is 0 Å². The van der Waals surface area contributed by atoms with Gasteiger partial charge in [0.25, 0.3) is 0 Å². The van der Waals surface area contributed by atoms with Crippen LogP contribution in [-0.4, -0.2) is 29.0 Å². The average molecular weight is 330 g/mol. The molecule has 1 fully saturated rings. The Balaban J connectivity index is 1.57. The second-order valence-electron chi connectivity index (χ2n) is 6.94. The van der Waals surface area contributed by atoms with E-state index in [1.165, 1.54) is 6.07 Å². The predicted octanol–water partition coefficient (Wildman–Crippen LogP) is 3.05. The smallest absolute Gasteiger partial charge is 0.336 e. The highest BCUT2D eigenvalue weighted by Crippen LogP contribution is 2.40. The lowest BCUT2D eigenvalue weighted by molar-refractivity contribution is 0.132. The van der Waals surface area contributed by atoms with Crippen LogP contribution in [0.25, 0.3) is 11.0 Å². The van der Waals surface area contributed by atoms with Crippen LogP contribution in [0.1, 0.15) is 27.2 Å². The number of ether oxygens (including phenoxy) is 2. The Hall–Kier alpha value is -2.11.